The van der Waals surface area contributed by atoms with E-state index in [1.54, 1.807) is 29.2 Å². The maximum Gasteiger partial charge on any atom is 0.233 e. The molecule has 0 radical (unpaired) electrons. The van der Waals surface area contributed by atoms with Crippen LogP contribution in [0, 0.1) is 11.8 Å². The molecule has 0 bridgehead atoms. The van der Waals surface area contributed by atoms with Gasteiger partial charge in [0.1, 0.15) is 0 Å². The minimum atomic E-state index is -0.325. The second-order valence-electron chi connectivity index (χ2n) is 7.04. The van der Waals surface area contributed by atoms with Crippen molar-refractivity contribution in [1.82, 2.24) is 4.90 Å². The Labute approximate surface area is 151 Å². The molecule has 0 N–H and O–H groups in total. The van der Waals surface area contributed by atoms with Crippen LogP contribution in [0.5, 0.6) is 0 Å². The van der Waals surface area contributed by atoms with Gasteiger partial charge in [0.15, 0.2) is 5.78 Å². The van der Waals surface area contributed by atoms with Crippen LogP contribution in [0.15, 0.2) is 36.4 Å². The van der Waals surface area contributed by atoms with E-state index in [9.17, 15) is 19.2 Å². The zero-order valence-electron chi connectivity index (χ0n) is 14.4. The number of ketones is 1. The molecule has 2 saturated heterocycles. The molecule has 3 aliphatic rings. The number of benzene rings is 1. The van der Waals surface area contributed by atoms with Crippen LogP contribution in [-0.4, -0.2) is 41.5 Å². The SMILES string of the molecule is O=C(CN1C(=O)[C@@H]2CC=CC[C@H]2C1=O)c1cccc(N2CCCC2=O)c1. The molecule has 1 aromatic carbocycles. The summed E-state index contributed by atoms with van der Waals surface area (Å²) in [6, 6.07) is 6.86. The Morgan fingerprint density at radius 3 is 2.35 bits per heavy atom. The number of carbonyl (C=O) groups is 4. The summed E-state index contributed by atoms with van der Waals surface area (Å²) in [5, 5.41) is 0. The van der Waals surface area contributed by atoms with Gasteiger partial charge in [-0.15, -0.1) is 0 Å². The minimum absolute atomic E-state index is 0.0519. The molecule has 0 unspecified atom stereocenters. The molecule has 2 fully saturated rings. The molecule has 26 heavy (non-hydrogen) atoms. The van der Waals surface area contributed by atoms with Crippen LogP contribution in [0.1, 0.15) is 36.0 Å². The fourth-order valence-corrected chi connectivity index (χ4v) is 4.03. The van der Waals surface area contributed by atoms with Crippen molar-refractivity contribution in [2.45, 2.75) is 25.7 Å². The molecule has 3 amide bonds. The molecule has 4 rings (SSSR count). The number of nitrogens with zero attached hydrogens (tertiary/aromatic N) is 2. The van der Waals surface area contributed by atoms with E-state index in [4.69, 9.17) is 0 Å². The maximum atomic E-state index is 12.7. The van der Waals surface area contributed by atoms with Crippen molar-refractivity contribution < 1.29 is 19.2 Å². The number of anilines is 1. The standard InChI is InChI=1S/C20H20N2O4/c23-17(12-22-19(25)15-7-1-2-8-16(15)20(22)26)13-5-3-6-14(11-13)21-10-4-9-18(21)24/h1-3,5-6,11,15-16H,4,7-10,12H2/t15-,16-/m1/s1. The molecule has 2 heterocycles. The van der Waals surface area contributed by atoms with Gasteiger partial charge in [0, 0.05) is 24.2 Å². The average Bonchev–Trinajstić information content (AvgIpc) is 3.19. The molecule has 2 aliphatic heterocycles. The van der Waals surface area contributed by atoms with Gasteiger partial charge in [-0.25, -0.2) is 0 Å². The number of Topliss-reactive ketones (excluding diaryl/α,β-unsaturated/α-hetero) is 1. The van der Waals surface area contributed by atoms with Crippen molar-refractivity contribution in [2.24, 2.45) is 11.8 Å². The highest BCUT2D eigenvalue weighted by molar-refractivity contribution is 6.10. The van der Waals surface area contributed by atoms with Gasteiger partial charge in [0.2, 0.25) is 17.7 Å². The highest BCUT2D eigenvalue weighted by Gasteiger charge is 2.47. The first kappa shape index (κ1) is 16.7. The maximum absolute atomic E-state index is 12.7. The number of fused-ring (bicyclic) bond motifs is 1. The van der Waals surface area contributed by atoms with E-state index in [-0.39, 0.29) is 41.9 Å². The molecule has 6 nitrogen and oxygen atoms in total. The number of hydrogen-bond donors (Lipinski definition) is 0. The van der Waals surface area contributed by atoms with Crippen LogP contribution in [0.2, 0.25) is 0 Å². The Balaban J connectivity index is 1.51. The predicted molar refractivity (Wildman–Crippen MR) is 94.4 cm³/mol. The highest BCUT2D eigenvalue weighted by Crippen LogP contribution is 2.35. The van der Waals surface area contributed by atoms with Crippen molar-refractivity contribution in [1.29, 1.82) is 0 Å². The van der Waals surface area contributed by atoms with E-state index in [0.29, 0.717) is 37.1 Å². The first-order chi connectivity index (χ1) is 12.6. The minimum Gasteiger partial charge on any atom is -0.312 e. The molecular weight excluding hydrogens is 332 g/mol. The topological polar surface area (TPSA) is 74.8 Å². The van der Waals surface area contributed by atoms with Gasteiger partial charge < -0.3 is 4.90 Å². The third-order valence-electron chi connectivity index (χ3n) is 5.45. The lowest BCUT2D eigenvalue weighted by atomic mass is 9.85. The van der Waals surface area contributed by atoms with Gasteiger partial charge in [-0.3, -0.25) is 24.1 Å². The first-order valence-electron chi connectivity index (χ1n) is 9.00. The van der Waals surface area contributed by atoms with Gasteiger partial charge in [-0.05, 0) is 31.4 Å². The number of imide groups is 1. The third-order valence-corrected chi connectivity index (χ3v) is 5.45. The molecule has 1 aliphatic carbocycles. The van der Waals surface area contributed by atoms with Crippen molar-refractivity contribution in [3.63, 3.8) is 0 Å². The summed E-state index contributed by atoms with van der Waals surface area (Å²) in [4.78, 5) is 52.4. The highest BCUT2D eigenvalue weighted by atomic mass is 16.2. The van der Waals surface area contributed by atoms with Crippen LogP contribution in [0.25, 0.3) is 0 Å². The van der Waals surface area contributed by atoms with Crippen molar-refractivity contribution in [2.75, 3.05) is 18.0 Å². The Kier molecular flexibility index (Phi) is 4.18. The lowest BCUT2D eigenvalue weighted by Crippen LogP contribution is -2.36. The number of likely N-dealkylation sites (tertiary alicyclic amines) is 1. The number of rotatable bonds is 4. The van der Waals surface area contributed by atoms with E-state index in [1.807, 2.05) is 12.2 Å². The van der Waals surface area contributed by atoms with Crippen molar-refractivity contribution >= 4 is 29.2 Å². The largest absolute Gasteiger partial charge is 0.312 e. The second kappa shape index (κ2) is 6.52. The van der Waals surface area contributed by atoms with Crippen molar-refractivity contribution in [3.8, 4) is 0 Å². The number of allylic oxidation sites excluding steroid dienone is 2. The number of hydrogen-bond acceptors (Lipinski definition) is 4. The molecule has 6 heteroatoms. The van der Waals surface area contributed by atoms with Gasteiger partial charge in [-0.2, -0.15) is 0 Å². The van der Waals surface area contributed by atoms with Gasteiger partial charge in [-0.1, -0.05) is 24.3 Å². The third kappa shape index (κ3) is 2.75. The first-order valence-corrected chi connectivity index (χ1v) is 9.00. The molecule has 0 aromatic heterocycles. The summed E-state index contributed by atoms with van der Waals surface area (Å²) < 4.78 is 0. The van der Waals surface area contributed by atoms with E-state index in [1.165, 1.54) is 0 Å². The molecule has 1 aromatic rings. The molecule has 134 valence electrons. The summed E-state index contributed by atoms with van der Waals surface area (Å²) in [7, 11) is 0. The smallest absolute Gasteiger partial charge is 0.233 e. The Morgan fingerprint density at radius 1 is 1.04 bits per heavy atom. The normalized spacial score (nSPS) is 25.2. The molecule has 2 atom stereocenters. The number of amides is 3. The van der Waals surface area contributed by atoms with Crippen LogP contribution < -0.4 is 4.90 Å². The Morgan fingerprint density at radius 2 is 1.73 bits per heavy atom. The van der Waals surface area contributed by atoms with E-state index < -0.39 is 0 Å². The fourth-order valence-electron chi connectivity index (χ4n) is 4.03. The van der Waals surface area contributed by atoms with E-state index >= 15 is 0 Å². The Bertz CT molecular complexity index is 803. The van der Waals surface area contributed by atoms with Crippen molar-refractivity contribution in [3.05, 3.63) is 42.0 Å². The predicted octanol–water partition coefficient (Wildman–Crippen LogP) is 1.95. The zero-order valence-corrected chi connectivity index (χ0v) is 14.4. The van der Waals surface area contributed by atoms with Crippen LogP contribution in [0.3, 0.4) is 0 Å². The van der Waals surface area contributed by atoms with Crippen LogP contribution >= 0.6 is 0 Å². The van der Waals surface area contributed by atoms with E-state index in [0.717, 1.165) is 11.3 Å². The van der Waals surface area contributed by atoms with E-state index in [2.05, 4.69) is 0 Å². The molecular formula is C20H20N2O4. The summed E-state index contributed by atoms with van der Waals surface area (Å²) in [6.45, 7) is 0.415. The Hall–Kier alpha value is -2.76. The zero-order chi connectivity index (χ0) is 18.3. The van der Waals surface area contributed by atoms with Crippen LogP contribution in [-0.2, 0) is 14.4 Å². The summed E-state index contributed by atoms with van der Waals surface area (Å²) in [6.07, 6.45) is 6.30. The summed E-state index contributed by atoms with van der Waals surface area (Å²) in [5.41, 5.74) is 1.10. The van der Waals surface area contributed by atoms with Gasteiger partial charge in [0.25, 0.3) is 0 Å². The van der Waals surface area contributed by atoms with Gasteiger partial charge >= 0.3 is 0 Å². The van der Waals surface area contributed by atoms with Gasteiger partial charge in [0.05, 0.1) is 18.4 Å². The second-order valence-corrected chi connectivity index (χ2v) is 7.04. The number of carbonyl (C=O) groups excluding carboxylic acids is 4. The fraction of sp³-hybridized carbons (Fsp3) is 0.400. The summed E-state index contributed by atoms with van der Waals surface area (Å²) in [5.74, 6) is -1.38. The monoisotopic (exact) mass is 352 g/mol. The average molecular weight is 352 g/mol. The molecule has 0 saturated carbocycles. The lowest BCUT2D eigenvalue weighted by molar-refractivity contribution is -0.139. The quantitative estimate of drug-likeness (QED) is 0.472. The summed E-state index contributed by atoms with van der Waals surface area (Å²) >= 11 is 0. The lowest BCUT2D eigenvalue weighted by Gasteiger charge is -2.17. The molecule has 0 spiro atoms. The van der Waals surface area contributed by atoms with Crippen LogP contribution in [0.4, 0.5) is 5.69 Å².